The van der Waals surface area contributed by atoms with Gasteiger partial charge in [-0.3, -0.25) is 4.57 Å². The maximum Gasteiger partial charge on any atom is 0.145 e. The third-order valence-corrected chi connectivity index (χ3v) is 13.6. The number of hydrogen-bond donors (Lipinski definition) is 0. The van der Waals surface area contributed by atoms with Crippen LogP contribution in [0.4, 0.5) is 17.1 Å². The molecule has 0 spiro atoms. The molecular weight excluding hydrogens is 777 g/mol. The number of benzene rings is 10. The summed E-state index contributed by atoms with van der Waals surface area (Å²) in [5.74, 6) is 0.951. The van der Waals surface area contributed by atoms with Gasteiger partial charge in [0.15, 0.2) is 0 Å². The van der Waals surface area contributed by atoms with E-state index in [9.17, 15) is 0 Å². The van der Waals surface area contributed by atoms with Crippen LogP contribution in [0.1, 0.15) is 25.0 Å². The lowest BCUT2D eigenvalue weighted by molar-refractivity contribution is 0.662. The predicted molar refractivity (Wildman–Crippen MR) is 268 cm³/mol. The highest BCUT2D eigenvalue weighted by atomic mass is 15.1. The van der Waals surface area contributed by atoms with E-state index in [2.05, 4.69) is 246 Å². The van der Waals surface area contributed by atoms with Crippen LogP contribution in [0.25, 0.3) is 88.3 Å². The Hall–Kier alpha value is -8.21. The van der Waals surface area contributed by atoms with Gasteiger partial charge in [-0.1, -0.05) is 135 Å². The zero-order chi connectivity index (χ0) is 42.5. The van der Waals surface area contributed by atoms with E-state index in [4.69, 9.17) is 4.98 Å². The SMILES string of the molecule is CC1(C)c2cc3ccc4cc(N(c5ccccc5)c5ccc6c(c5)c5ccccc5n6-c5ccccc5)ccc4c3cc2-c2cc3c(cc21)nc(-c1ccccc1)n3-c1ccccc1. The minimum absolute atomic E-state index is 0.194. The molecule has 12 aromatic rings. The van der Waals surface area contributed by atoms with Crippen molar-refractivity contribution in [1.29, 1.82) is 0 Å². The molecule has 2 heterocycles. The molecule has 0 amide bonds. The summed E-state index contributed by atoms with van der Waals surface area (Å²) in [6.07, 6.45) is 0. The summed E-state index contributed by atoms with van der Waals surface area (Å²) < 4.78 is 4.70. The van der Waals surface area contributed by atoms with E-state index < -0.39 is 0 Å². The van der Waals surface area contributed by atoms with Crippen LogP contribution in [0.2, 0.25) is 0 Å². The molecule has 10 aromatic carbocycles. The molecule has 0 aliphatic heterocycles. The fraction of sp³-hybridized carbons (Fsp3) is 0.0500. The van der Waals surface area contributed by atoms with Gasteiger partial charge >= 0.3 is 0 Å². The second-order valence-corrected chi connectivity index (χ2v) is 17.6. The van der Waals surface area contributed by atoms with E-state index >= 15 is 0 Å². The van der Waals surface area contributed by atoms with Crippen LogP contribution in [0, 0.1) is 0 Å². The average molecular weight is 819 g/mol. The van der Waals surface area contributed by atoms with Crippen molar-refractivity contribution in [1.82, 2.24) is 14.1 Å². The lowest BCUT2D eigenvalue weighted by Gasteiger charge is -2.26. The number of anilines is 3. The Morgan fingerprint density at radius 2 is 0.969 bits per heavy atom. The van der Waals surface area contributed by atoms with Crippen molar-refractivity contribution in [3.05, 3.63) is 230 Å². The molecule has 1 aliphatic carbocycles. The lowest BCUT2D eigenvalue weighted by Crippen LogP contribution is -2.15. The zero-order valence-electron chi connectivity index (χ0n) is 35.6. The fourth-order valence-electron chi connectivity index (χ4n) is 10.6. The minimum Gasteiger partial charge on any atom is -0.310 e. The van der Waals surface area contributed by atoms with E-state index in [0.29, 0.717) is 0 Å². The van der Waals surface area contributed by atoms with Crippen LogP contribution in [0.5, 0.6) is 0 Å². The topological polar surface area (TPSA) is 26.0 Å². The van der Waals surface area contributed by atoms with Crippen molar-refractivity contribution in [3.8, 4) is 33.9 Å². The first kappa shape index (κ1) is 36.4. The Morgan fingerprint density at radius 1 is 0.391 bits per heavy atom. The van der Waals surface area contributed by atoms with E-state index in [-0.39, 0.29) is 5.41 Å². The van der Waals surface area contributed by atoms with Crippen molar-refractivity contribution in [2.45, 2.75) is 19.3 Å². The van der Waals surface area contributed by atoms with Gasteiger partial charge in [-0.05, 0) is 141 Å². The summed E-state index contributed by atoms with van der Waals surface area (Å²) in [6.45, 7) is 4.73. The van der Waals surface area contributed by atoms with E-state index in [0.717, 1.165) is 50.9 Å². The van der Waals surface area contributed by atoms with Gasteiger partial charge in [-0.2, -0.15) is 0 Å². The first-order chi connectivity index (χ1) is 31.5. The number of para-hydroxylation sites is 4. The molecular formula is C60H42N4. The van der Waals surface area contributed by atoms with E-state index in [1.165, 1.54) is 65.6 Å². The van der Waals surface area contributed by atoms with Gasteiger partial charge in [0.2, 0.25) is 0 Å². The first-order valence-corrected chi connectivity index (χ1v) is 22.1. The molecule has 0 saturated carbocycles. The highest BCUT2D eigenvalue weighted by molar-refractivity contribution is 6.13. The molecule has 302 valence electrons. The van der Waals surface area contributed by atoms with Crippen molar-refractivity contribution >= 4 is 71.4 Å². The molecule has 0 atom stereocenters. The quantitative estimate of drug-likeness (QED) is 0.156. The Bertz CT molecular complexity index is 3790. The van der Waals surface area contributed by atoms with E-state index in [1.54, 1.807) is 0 Å². The molecule has 0 bridgehead atoms. The van der Waals surface area contributed by atoms with Crippen molar-refractivity contribution in [3.63, 3.8) is 0 Å². The predicted octanol–water partition coefficient (Wildman–Crippen LogP) is 15.9. The number of rotatable bonds is 6. The van der Waals surface area contributed by atoms with Gasteiger partial charge in [0.25, 0.3) is 0 Å². The van der Waals surface area contributed by atoms with E-state index in [1.807, 2.05) is 0 Å². The second kappa shape index (κ2) is 13.9. The average Bonchev–Trinajstić information content (AvgIpc) is 3.96. The summed E-state index contributed by atoms with van der Waals surface area (Å²) >= 11 is 0. The van der Waals surface area contributed by atoms with Gasteiger partial charge in [-0.15, -0.1) is 0 Å². The molecule has 0 radical (unpaired) electrons. The Morgan fingerprint density at radius 3 is 1.72 bits per heavy atom. The fourth-order valence-corrected chi connectivity index (χ4v) is 10.6. The van der Waals surface area contributed by atoms with Gasteiger partial charge in [0, 0.05) is 50.2 Å². The number of hydrogen-bond acceptors (Lipinski definition) is 2. The molecule has 0 saturated heterocycles. The minimum atomic E-state index is -0.194. The maximum absolute atomic E-state index is 5.33. The smallest absolute Gasteiger partial charge is 0.145 e. The number of nitrogens with zero attached hydrogens (tertiary/aromatic N) is 4. The Kier molecular flexibility index (Phi) is 7.92. The molecule has 1 aliphatic rings. The van der Waals surface area contributed by atoms with Gasteiger partial charge < -0.3 is 9.47 Å². The van der Waals surface area contributed by atoms with Crippen molar-refractivity contribution < 1.29 is 0 Å². The van der Waals surface area contributed by atoms with Crippen LogP contribution in [-0.2, 0) is 5.41 Å². The van der Waals surface area contributed by atoms with Crippen LogP contribution in [0.3, 0.4) is 0 Å². The molecule has 2 aromatic heterocycles. The molecule has 13 rings (SSSR count). The van der Waals surface area contributed by atoms with Crippen LogP contribution in [-0.4, -0.2) is 14.1 Å². The van der Waals surface area contributed by atoms with Gasteiger partial charge in [-0.25, -0.2) is 4.98 Å². The second-order valence-electron chi connectivity index (χ2n) is 17.6. The number of fused-ring (bicyclic) bond motifs is 10. The summed E-state index contributed by atoms with van der Waals surface area (Å²) in [4.78, 5) is 7.72. The third kappa shape index (κ3) is 5.45. The molecule has 0 unspecified atom stereocenters. The number of aromatic nitrogens is 3. The standard InChI is InChI=1S/C60H42N4/c1-60(2)53-34-41-28-27-40-33-45(62(42-19-9-4-10-20-42)46-30-32-57-52(35-46)48-25-15-16-26-56(48)63(57)43-21-11-5-12-22-43)29-31-47(40)49(41)36-50(53)51-37-58-55(38-54(51)60)61-59(39-17-7-3-8-18-39)64(58)44-23-13-6-14-24-44/h3-38H,1-2H3. The molecule has 4 heteroatoms. The van der Waals surface area contributed by atoms with Crippen LogP contribution in [0.15, 0.2) is 218 Å². The molecule has 4 nitrogen and oxygen atoms in total. The zero-order valence-corrected chi connectivity index (χ0v) is 35.6. The van der Waals surface area contributed by atoms with Crippen molar-refractivity contribution in [2.24, 2.45) is 0 Å². The Labute approximate surface area is 371 Å². The summed E-state index contributed by atoms with van der Waals surface area (Å²) in [5.41, 5.74) is 16.3. The molecule has 0 N–H and O–H groups in total. The highest BCUT2D eigenvalue weighted by Gasteiger charge is 2.37. The maximum atomic E-state index is 5.33. The van der Waals surface area contributed by atoms with Gasteiger partial charge in [0.05, 0.1) is 22.1 Å². The van der Waals surface area contributed by atoms with Gasteiger partial charge in [0.1, 0.15) is 5.82 Å². The third-order valence-electron chi connectivity index (χ3n) is 13.6. The first-order valence-electron chi connectivity index (χ1n) is 22.1. The molecule has 0 fully saturated rings. The summed E-state index contributed by atoms with van der Waals surface area (Å²) in [7, 11) is 0. The van der Waals surface area contributed by atoms with Crippen LogP contribution < -0.4 is 4.90 Å². The molecule has 64 heavy (non-hydrogen) atoms. The largest absolute Gasteiger partial charge is 0.310 e. The Balaban J connectivity index is 0.971. The monoisotopic (exact) mass is 818 g/mol. The van der Waals surface area contributed by atoms with Crippen LogP contribution >= 0.6 is 0 Å². The highest BCUT2D eigenvalue weighted by Crippen LogP contribution is 2.52. The summed E-state index contributed by atoms with van der Waals surface area (Å²) in [5, 5.41) is 7.42. The summed E-state index contributed by atoms with van der Waals surface area (Å²) in [6, 6.07) is 79.5. The van der Waals surface area contributed by atoms with Crippen molar-refractivity contribution in [2.75, 3.05) is 4.90 Å². The normalized spacial score (nSPS) is 13.0. The number of imidazole rings is 1. The lowest BCUT2D eigenvalue weighted by atomic mass is 9.81.